The molecule has 1 aliphatic heterocycles. The minimum atomic E-state index is -0.394. The van der Waals surface area contributed by atoms with Crippen molar-refractivity contribution in [2.24, 2.45) is 0 Å². The SMILES string of the molecule is COC(=O)c1ccc(-c2nc(Nc3cnn(C4CCOCC4)c3)ncc2Cl)cc1. The molecule has 1 N–H and O–H groups in total. The number of carbonyl (C=O) groups excluding carboxylic acids is 1. The van der Waals surface area contributed by atoms with Gasteiger partial charge in [0.25, 0.3) is 0 Å². The van der Waals surface area contributed by atoms with Gasteiger partial charge < -0.3 is 14.8 Å². The molecule has 0 aliphatic carbocycles. The van der Waals surface area contributed by atoms with E-state index >= 15 is 0 Å². The Hall–Kier alpha value is -2.97. The summed E-state index contributed by atoms with van der Waals surface area (Å²) in [6.07, 6.45) is 7.13. The maximum Gasteiger partial charge on any atom is 0.337 e. The molecule has 0 saturated carbocycles. The lowest BCUT2D eigenvalue weighted by molar-refractivity contribution is 0.0600. The summed E-state index contributed by atoms with van der Waals surface area (Å²) in [5, 5.41) is 8.03. The number of nitrogens with one attached hydrogen (secondary N) is 1. The Balaban J connectivity index is 1.53. The number of anilines is 2. The van der Waals surface area contributed by atoms with Gasteiger partial charge in [0.2, 0.25) is 5.95 Å². The monoisotopic (exact) mass is 413 g/mol. The summed E-state index contributed by atoms with van der Waals surface area (Å²) in [6.45, 7) is 1.51. The Kier molecular flexibility index (Phi) is 5.73. The molecule has 3 heterocycles. The summed E-state index contributed by atoms with van der Waals surface area (Å²) >= 11 is 6.30. The van der Waals surface area contributed by atoms with Crippen molar-refractivity contribution in [2.45, 2.75) is 18.9 Å². The zero-order valence-electron chi connectivity index (χ0n) is 15.8. The molecule has 0 atom stereocenters. The van der Waals surface area contributed by atoms with Crippen LogP contribution >= 0.6 is 11.6 Å². The molecule has 9 heteroatoms. The molecule has 0 radical (unpaired) electrons. The van der Waals surface area contributed by atoms with E-state index in [1.54, 1.807) is 36.7 Å². The molecule has 1 aromatic carbocycles. The van der Waals surface area contributed by atoms with Gasteiger partial charge in [-0.3, -0.25) is 4.68 Å². The number of esters is 1. The third kappa shape index (κ3) is 4.38. The van der Waals surface area contributed by atoms with Gasteiger partial charge in [-0.25, -0.2) is 14.8 Å². The summed E-state index contributed by atoms with van der Waals surface area (Å²) < 4.78 is 12.1. The number of ether oxygens (including phenoxy) is 2. The second-order valence-corrected chi connectivity index (χ2v) is 7.04. The van der Waals surface area contributed by atoms with Gasteiger partial charge in [0.15, 0.2) is 0 Å². The minimum Gasteiger partial charge on any atom is -0.465 e. The van der Waals surface area contributed by atoms with Gasteiger partial charge >= 0.3 is 5.97 Å². The largest absolute Gasteiger partial charge is 0.465 e. The van der Waals surface area contributed by atoms with Crippen molar-refractivity contribution < 1.29 is 14.3 Å². The number of aromatic nitrogens is 4. The summed E-state index contributed by atoms with van der Waals surface area (Å²) in [5.41, 5.74) is 2.59. The Morgan fingerprint density at radius 2 is 2.00 bits per heavy atom. The third-order valence-corrected chi connectivity index (χ3v) is 5.02. The van der Waals surface area contributed by atoms with E-state index in [1.165, 1.54) is 7.11 Å². The number of carbonyl (C=O) groups is 1. The average molecular weight is 414 g/mol. The molecule has 1 fully saturated rings. The van der Waals surface area contributed by atoms with Crippen LogP contribution in [0.3, 0.4) is 0 Å². The Morgan fingerprint density at radius 1 is 1.24 bits per heavy atom. The number of benzene rings is 1. The number of rotatable bonds is 5. The van der Waals surface area contributed by atoms with Crippen LogP contribution < -0.4 is 5.32 Å². The summed E-state index contributed by atoms with van der Waals surface area (Å²) in [6, 6.07) is 7.23. The standard InChI is InChI=1S/C20H20ClN5O3/c1-28-19(27)14-4-2-13(3-5-14)18-17(21)11-22-20(25-18)24-15-10-23-26(12-15)16-6-8-29-9-7-16/h2-5,10-12,16H,6-9H2,1H3,(H,22,24,25). The fourth-order valence-electron chi connectivity index (χ4n) is 3.19. The third-order valence-electron chi connectivity index (χ3n) is 4.75. The van der Waals surface area contributed by atoms with Gasteiger partial charge in [0.1, 0.15) is 0 Å². The molecule has 29 heavy (non-hydrogen) atoms. The Bertz CT molecular complexity index is 1000. The van der Waals surface area contributed by atoms with Crippen molar-refractivity contribution in [1.29, 1.82) is 0 Å². The molecule has 150 valence electrons. The lowest BCUT2D eigenvalue weighted by Gasteiger charge is -2.22. The van der Waals surface area contributed by atoms with E-state index in [1.807, 2.05) is 10.9 Å². The zero-order valence-corrected chi connectivity index (χ0v) is 16.6. The van der Waals surface area contributed by atoms with Gasteiger partial charge in [-0.15, -0.1) is 0 Å². The van der Waals surface area contributed by atoms with Crippen LogP contribution in [0.25, 0.3) is 11.3 Å². The molecule has 8 nitrogen and oxygen atoms in total. The second-order valence-electron chi connectivity index (χ2n) is 6.64. The number of nitrogens with zero attached hydrogens (tertiary/aromatic N) is 4. The first-order valence-corrected chi connectivity index (χ1v) is 9.62. The highest BCUT2D eigenvalue weighted by Crippen LogP contribution is 2.28. The Morgan fingerprint density at radius 3 is 2.72 bits per heavy atom. The first kappa shape index (κ1) is 19.4. The molecule has 1 saturated heterocycles. The predicted octanol–water partition coefficient (Wildman–Crippen LogP) is 3.88. The molecule has 4 rings (SSSR count). The summed E-state index contributed by atoms with van der Waals surface area (Å²) in [4.78, 5) is 20.4. The van der Waals surface area contributed by atoms with E-state index in [-0.39, 0.29) is 0 Å². The molecule has 0 bridgehead atoms. The van der Waals surface area contributed by atoms with Crippen LogP contribution in [0, 0.1) is 0 Å². The van der Waals surface area contributed by atoms with E-state index < -0.39 is 5.97 Å². The number of methoxy groups -OCH3 is 1. The molecular weight excluding hydrogens is 394 g/mol. The van der Waals surface area contributed by atoms with Gasteiger partial charge in [-0.2, -0.15) is 5.10 Å². The maximum absolute atomic E-state index is 11.6. The van der Waals surface area contributed by atoms with Crippen LogP contribution in [-0.4, -0.2) is 46.0 Å². The summed E-state index contributed by atoms with van der Waals surface area (Å²) in [7, 11) is 1.35. The normalized spacial score (nSPS) is 14.6. The highest BCUT2D eigenvalue weighted by molar-refractivity contribution is 6.32. The minimum absolute atomic E-state index is 0.342. The molecule has 1 aliphatic rings. The molecular formula is C20H20ClN5O3. The lowest BCUT2D eigenvalue weighted by Crippen LogP contribution is -2.19. The maximum atomic E-state index is 11.6. The van der Waals surface area contributed by atoms with Gasteiger partial charge in [-0.05, 0) is 25.0 Å². The quantitative estimate of drug-likeness (QED) is 0.634. The van der Waals surface area contributed by atoms with E-state index in [0.29, 0.717) is 28.3 Å². The lowest BCUT2D eigenvalue weighted by atomic mass is 10.1. The van der Waals surface area contributed by atoms with Crippen LogP contribution in [0.15, 0.2) is 42.9 Å². The van der Waals surface area contributed by atoms with Crippen LogP contribution in [0.1, 0.15) is 29.2 Å². The van der Waals surface area contributed by atoms with Crippen molar-refractivity contribution in [1.82, 2.24) is 19.7 Å². The number of hydrogen-bond donors (Lipinski definition) is 1. The molecule has 0 unspecified atom stereocenters. The van der Waals surface area contributed by atoms with Crippen molar-refractivity contribution in [3.05, 3.63) is 53.4 Å². The van der Waals surface area contributed by atoms with Crippen LogP contribution in [0.5, 0.6) is 0 Å². The fraction of sp³-hybridized carbons (Fsp3) is 0.300. The van der Waals surface area contributed by atoms with Crippen molar-refractivity contribution >= 4 is 29.2 Å². The van der Waals surface area contributed by atoms with Crippen molar-refractivity contribution in [2.75, 3.05) is 25.6 Å². The van der Waals surface area contributed by atoms with E-state index in [2.05, 4.69) is 20.4 Å². The molecule has 0 amide bonds. The Labute approximate surface area is 172 Å². The van der Waals surface area contributed by atoms with Crippen molar-refractivity contribution in [3.8, 4) is 11.3 Å². The second kappa shape index (κ2) is 8.59. The molecule has 0 spiro atoms. The van der Waals surface area contributed by atoms with Crippen molar-refractivity contribution in [3.63, 3.8) is 0 Å². The first-order valence-electron chi connectivity index (χ1n) is 9.24. The first-order chi connectivity index (χ1) is 14.1. The van der Waals surface area contributed by atoms with E-state index in [9.17, 15) is 4.79 Å². The predicted molar refractivity (Wildman–Crippen MR) is 108 cm³/mol. The zero-order chi connectivity index (χ0) is 20.2. The number of hydrogen-bond acceptors (Lipinski definition) is 7. The number of halogens is 1. The van der Waals surface area contributed by atoms with E-state index in [0.717, 1.165) is 37.3 Å². The average Bonchev–Trinajstić information content (AvgIpc) is 3.24. The van der Waals surface area contributed by atoms with E-state index in [4.69, 9.17) is 21.1 Å². The van der Waals surface area contributed by atoms with Gasteiger partial charge in [0.05, 0.1) is 47.5 Å². The van der Waals surface area contributed by atoms with Gasteiger partial charge in [-0.1, -0.05) is 23.7 Å². The topological polar surface area (TPSA) is 91.2 Å². The van der Waals surface area contributed by atoms with Gasteiger partial charge in [0, 0.05) is 25.0 Å². The van der Waals surface area contributed by atoms with Crippen LogP contribution in [-0.2, 0) is 9.47 Å². The highest BCUT2D eigenvalue weighted by atomic mass is 35.5. The van der Waals surface area contributed by atoms with Crippen LogP contribution in [0.2, 0.25) is 5.02 Å². The summed E-state index contributed by atoms with van der Waals surface area (Å²) in [5.74, 6) is 0.0159. The van der Waals surface area contributed by atoms with Crippen LogP contribution in [0.4, 0.5) is 11.6 Å². The highest BCUT2D eigenvalue weighted by Gasteiger charge is 2.17. The molecule has 3 aromatic rings. The molecule has 2 aromatic heterocycles. The smallest absolute Gasteiger partial charge is 0.337 e. The fourth-order valence-corrected chi connectivity index (χ4v) is 3.39.